The molecule has 22 heavy (non-hydrogen) atoms. The number of nitrogens with one attached hydrogen (secondary N) is 2. The topological polar surface area (TPSA) is 63.2 Å². The van der Waals surface area contributed by atoms with Crippen molar-refractivity contribution < 1.29 is 9.53 Å². The number of nitrogens with zero attached hydrogens (tertiary/aromatic N) is 1. The van der Waals surface area contributed by atoms with Gasteiger partial charge in [-0.15, -0.1) is 0 Å². The van der Waals surface area contributed by atoms with Crippen LogP contribution in [-0.4, -0.2) is 30.6 Å². The van der Waals surface area contributed by atoms with E-state index in [9.17, 15) is 4.79 Å². The molecule has 2 heterocycles. The molecule has 1 amide bonds. The summed E-state index contributed by atoms with van der Waals surface area (Å²) >= 11 is 0. The van der Waals surface area contributed by atoms with Crippen molar-refractivity contribution in [1.82, 2.24) is 15.6 Å². The third-order valence-electron chi connectivity index (χ3n) is 3.61. The van der Waals surface area contributed by atoms with Crippen molar-refractivity contribution >= 4 is 5.91 Å². The number of aromatic nitrogens is 1. The SMILES string of the molecule is O=C(NCCc1ccccn1)C1NCCOc2ccccc21. The van der Waals surface area contributed by atoms with Crippen LogP contribution in [0.2, 0.25) is 0 Å². The Kier molecular flexibility index (Phi) is 4.65. The molecule has 1 aliphatic rings. The third kappa shape index (κ3) is 3.43. The van der Waals surface area contributed by atoms with Gasteiger partial charge >= 0.3 is 0 Å². The molecule has 1 aromatic heterocycles. The third-order valence-corrected chi connectivity index (χ3v) is 3.61. The van der Waals surface area contributed by atoms with Crippen LogP contribution >= 0.6 is 0 Å². The Bertz CT molecular complexity index is 631. The number of benzene rings is 1. The van der Waals surface area contributed by atoms with E-state index >= 15 is 0 Å². The predicted molar refractivity (Wildman–Crippen MR) is 83.6 cm³/mol. The Hall–Kier alpha value is -2.40. The van der Waals surface area contributed by atoms with Gasteiger partial charge in [-0.2, -0.15) is 0 Å². The zero-order valence-corrected chi connectivity index (χ0v) is 12.3. The molecular formula is C17H19N3O2. The molecule has 1 aromatic carbocycles. The normalized spacial score (nSPS) is 17.0. The predicted octanol–water partition coefficient (Wildman–Crippen LogP) is 1.46. The molecular weight excluding hydrogens is 278 g/mol. The fourth-order valence-electron chi connectivity index (χ4n) is 2.52. The number of hydrogen-bond acceptors (Lipinski definition) is 4. The van der Waals surface area contributed by atoms with E-state index in [4.69, 9.17) is 4.74 Å². The average Bonchev–Trinajstić information content (AvgIpc) is 2.78. The maximum Gasteiger partial charge on any atom is 0.241 e. The van der Waals surface area contributed by atoms with Crippen LogP contribution in [0, 0.1) is 0 Å². The Morgan fingerprint density at radius 2 is 2.14 bits per heavy atom. The molecule has 114 valence electrons. The van der Waals surface area contributed by atoms with Gasteiger partial charge in [-0.3, -0.25) is 15.1 Å². The van der Waals surface area contributed by atoms with Gasteiger partial charge in [0.1, 0.15) is 18.4 Å². The van der Waals surface area contributed by atoms with E-state index in [0.717, 1.165) is 23.4 Å². The lowest BCUT2D eigenvalue weighted by Crippen LogP contribution is -2.38. The first-order valence-corrected chi connectivity index (χ1v) is 7.47. The van der Waals surface area contributed by atoms with Crippen LogP contribution in [0.25, 0.3) is 0 Å². The Balaban J connectivity index is 1.62. The summed E-state index contributed by atoms with van der Waals surface area (Å²) in [7, 11) is 0. The van der Waals surface area contributed by atoms with E-state index in [0.29, 0.717) is 19.7 Å². The summed E-state index contributed by atoms with van der Waals surface area (Å²) in [5.41, 5.74) is 1.86. The van der Waals surface area contributed by atoms with Crippen LogP contribution in [-0.2, 0) is 11.2 Å². The van der Waals surface area contributed by atoms with Gasteiger partial charge in [0, 0.05) is 37.0 Å². The second kappa shape index (κ2) is 7.04. The van der Waals surface area contributed by atoms with E-state index in [2.05, 4.69) is 15.6 Å². The number of amides is 1. The van der Waals surface area contributed by atoms with Gasteiger partial charge in [0.05, 0.1) is 0 Å². The monoisotopic (exact) mass is 297 g/mol. The first-order chi connectivity index (χ1) is 10.8. The molecule has 0 saturated heterocycles. The minimum absolute atomic E-state index is 0.0334. The van der Waals surface area contributed by atoms with Gasteiger partial charge in [-0.25, -0.2) is 0 Å². The van der Waals surface area contributed by atoms with Crippen LogP contribution in [0.15, 0.2) is 48.7 Å². The van der Waals surface area contributed by atoms with E-state index < -0.39 is 0 Å². The highest BCUT2D eigenvalue weighted by Crippen LogP contribution is 2.26. The number of carbonyl (C=O) groups is 1. The maximum absolute atomic E-state index is 12.5. The molecule has 0 radical (unpaired) electrons. The van der Waals surface area contributed by atoms with E-state index in [-0.39, 0.29) is 11.9 Å². The van der Waals surface area contributed by atoms with Gasteiger partial charge in [0.15, 0.2) is 0 Å². The summed E-state index contributed by atoms with van der Waals surface area (Å²) in [4.78, 5) is 16.7. The van der Waals surface area contributed by atoms with Crippen molar-refractivity contribution in [2.24, 2.45) is 0 Å². The van der Waals surface area contributed by atoms with Gasteiger partial charge in [0.2, 0.25) is 5.91 Å². The minimum atomic E-state index is -0.373. The van der Waals surface area contributed by atoms with Gasteiger partial charge < -0.3 is 10.1 Å². The molecule has 0 saturated carbocycles. The molecule has 0 fully saturated rings. The summed E-state index contributed by atoms with van der Waals surface area (Å²) in [6.07, 6.45) is 2.48. The zero-order valence-electron chi connectivity index (χ0n) is 12.3. The molecule has 1 aliphatic heterocycles. The number of carbonyl (C=O) groups excluding carboxylic acids is 1. The fourth-order valence-corrected chi connectivity index (χ4v) is 2.52. The molecule has 5 heteroatoms. The van der Waals surface area contributed by atoms with Crippen LogP contribution in [0.3, 0.4) is 0 Å². The van der Waals surface area contributed by atoms with E-state index in [1.807, 2.05) is 42.5 Å². The molecule has 0 bridgehead atoms. The average molecular weight is 297 g/mol. The summed E-state index contributed by atoms with van der Waals surface area (Å²) in [5, 5.41) is 6.21. The largest absolute Gasteiger partial charge is 0.492 e. The van der Waals surface area contributed by atoms with Crippen LogP contribution in [0.5, 0.6) is 5.75 Å². The Labute approximate surface area is 129 Å². The standard InChI is InChI=1S/C17H19N3O2/c21-17(20-10-8-13-5-3-4-9-18-13)16-14-6-1-2-7-15(14)22-12-11-19-16/h1-7,9,16,19H,8,10-12H2,(H,20,21). The second-order valence-corrected chi connectivity index (χ2v) is 5.14. The first-order valence-electron chi connectivity index (χ1n) is 7.47. The highest BCUT2D eigenvalue weighted by Gasteiger charge is 2.25. The number of ether oxygens (including phenoxy) is 1. The fraction of sp³-hybridized carbons (Fsp3) is 0.294. The van der Waals surface area contributed by atoms with Gasteiger partial charge in [-0.05, 0) is 18.2 Å². The molecule has 2 aromatic rings. The molecule has 2 N–H and O–H groups in total. The number of rotatable bonds is 4. The van der Waals surface area contributed by atoms with Crippen molar-refractivity contribution in [3.8, 4) is 5.75 Å². The molecule has 0 aliphatic carbocycles. The highest BCUT2D eigenvalue weighted by molar-refractivity contribution is 5.84. The second-order valence-electron chi connectivity index (χ2n) is 5.14. The maximum atomic E-state index is 12.5. The molecule has 0 spiro atoms. The van der Waals surface area contributed by atoms with Gasteiger partial charge in [0.25, 0.3) is 0 Å². The van der Waals surface area contributed by atoms with Crippen molar-refractivity contribution in [2.45, 2.75) is 12.5 Å². The summed E-state index contributed by atoms with van der Waals surface area (Å²) in [5.74, 6) is 0.742. The molecule has 5 nitrogen and oxygen atoms in total. The highest BCUT2D eigenvalue weighted by atomic mass is 16.5. The molecule has 3 rings (SSSR count). The first kappa shape index (κ1) is 14.5. The minimum Gasteiger partial charge on any atom is -0.492 e. The quantitative estimate of drug-likeness (QED) is 0.897. The molecule has 1 atom stereocenters. The zero-order chi connectivity index (χ0) is 15.2. The van der Waals surface area contributed by atoms with Crippen molar-refractivity contribution in [3.63, 3.8) is 0 Å². The van der Waals surface area contributed by atoms with Crippen LogP contribution < -0.4 is 15.4 Å². The molecule has 1 unspecified atom stereocenters. The number of fused-ring (bicyclic) bond motifs is 1. The lowest BCUT2D eigenvalue weighted by atomic mass is 10.1. The number of pyridine rings is 1. The lowest BCUT2D eigenvalue weighted by Gasteiger charge is -2.17. The Morgan fingerprint density at radius 3 is 3.00 bits per heavy atom. The van der Waals surface area contributed by atoms with Crippen molar-refractivity contribution in [3.05, 3.63) is 59.9 Å². The van der Waals surface area contributed by atoms with Crippen LogP contribution in [0.4, 0.5) is 0 Å². The lowest BCUT2D eigenvalue weighted by molar-refractivity contribution is -0.123. The number of para-hydroxylation sites is 1. The summed E-state index contributed by atoms with van der Waals surface area (Å²) in [6.45, 7) is 1.78. The number of hydrogen-bond donors (Lipinski definition) is 2. The summed E-state index contributed by atoms with van der Waals surface area (Å²) < 4.78 is 5.65. The van der Waals surface area contributed by atoms with Gasteiger partial charge in [-0.1, -0.05) is 24.3 Å². The van der Waals surface area contributed by atoms with E-state index in [1.165, 1.54) is 0 Å². The van der Waals surface area contributed by atoms with Crippen molar-refractivity contribution in [2.75, 3.05) is 19.7 Å². The Morgan fingerprint density at radius 1 is 1.27 bits per heavy atom. The van der Waals surface area contributed by atoms with Crippen LogP contribution in [0.1, 0.15) is 17.3 Å². The summed E-state index contributed by atoms with van der Waals surface area (Å²) in [6, 6.07) is 13.1. The van der Waals surface area contributed by atoms with Crippen molar-refractivity contribution in [1.29, 1.82) is 0 Å². The smallest absolute Gasteiger partial charge is 0.241 e. The van der Waals surface area contributed by atoms with E-state index in [1.54, 1.807) is 6.20 Å².